The van der Waals surface area contributed by atoms with Crippen molar-refractivity contribution in [1.82, 2.24) is 20.0 Å². The minimum absolute atomic E-state index is 0.00380. The molecule has 1 aromatic carbocycles. The summed E-state index contributed by atoms with van der Waals surface area (Å²) in [6, 6.07) is 9.76. The normalized spacial score (nSPS) is 16.8. The van der Waals surface area contributed by atoms with Gasteiger partial charge in [-0.25, -0.2) is 4.98 Å². The zero-order valence-electron chi connectivity index (χ0n) is 16.0. The number of likely N-dealkylation sites (tertiary alicyclic amines) is 1. The molecule has 0 aliphatic carbocycles. The number of aryl methyl sites for hydroxylation is 2. The van der Waals surface area contributed by atoms with Crippen molar-refractivity contribution in [3.8, 4) is 11.3 Å². The molecule has 1 saturated heterocycles. The van der Waals surface area contributed by atoms with Crippen molar-refractivity contribution in [1.29, 1.82) is 0 Å². The molecular formula is C22H22N4O2. The number of carbonyl (C=O) groups is 1. The summed E-state index contributed by atoms with van der Waals surface area (Å²) in [5.41, 5.74) is 4.19. The minimum atomic E-state index is -0.0687. The molecule has 0 radical (unpaired) electrons. The summed E-state index contributed by atoms with van der Waals surface area (Å²) in [7, 11) is 0. The van der Waals surface area contributed by atoms with E-state index in [1.807, 2.05) is 55.2 Å². The molecule has 4 rings (SSSR count). The SMILES string of the molecule is Cc1noc(C)c1-c1cncc([C@H]2CCCN2C(=O)/C=C/c2ccccc2)n1. The zero-order chi connectivity index (χ0) is 19.5. The highest BCUT2D eigenvalue weighted by atomic mass is 16.5. The second-order valence-electron chi connectivity index (χ2n) is 6.96. The van der Waals surface area contributed by atoms with Gasteiger partial charge in [-0.15, -0.1) is 0 Å². The van der Waals surface area contributed by atoms with Gasteiger partial charge in [0.2, 0.25) is 5.91 Å². The molecule has 1 amide bonds. The third kappa shape index (κ3) is 3.58. The summed E-state index contributed by atoms with van der Waals surface area (Å²) in [6.07, 6.45) is 8.78. The highest BCUT2D eigenvalue weighted by molar-refractivity contribution is 5.92. The van der Waals surface area contributed by atoms with Crippen LogP contribution in [0.1, 0.15) is 41.6 Å². The average Bonchev–Trinajstić information content (AvgIpc) is 3.34. The number of amides is 1. The van der Waals surface area contributed by atoms with Crippen molar-refractivity contribution < 1.29 is 9.32 Å². The standard InChI is InChI=1S/C22H22N4O2/c1-15-22(16(2)28-25-15)19-14-23-13-18(24-19)20-9-6-12-26(20)21(27)11-10-17-7-4-3-5-8-17/h3-5,7-8,10-11,13-14,20H,6,9,12H2,1-2H3/b11-10+/t20-/m1/s1. The molecule has 3 aromatic rings. The molecule has 6 nitrogen and oxygen atoms in total. The number of rotatable bonds is 4. The molecule has 0 spiro atoms. The molecule has 142 valence electrons. The van der Waals surface area contributed by atoms with Gasteiger partial charge in [-0.1, -0.05) is 35.5 Å². The number of nitrogens with zero attached hydrogens (tertiary/aromatic N) is 4. The second kappa shape index (κ2) is 7.76. The van der Waals surface area contributed by atoms with Crippen molar-refractivity contribution in [2.24, 2.45) is 0 Å². The first-order valence-corrected chi connectivity index (χ1v) is 9.42. The van der Waals surface area contributed by atoms with E-state index in [-0.39, 0.29) is 11.9 Å². The van der Waals surface area contributed by atoms with Crippen LogP contribution in [0.3, 0.4) is 0 Å². The maximum atomic E-state index is 12.8. The van der Waals surface area contributed by atoms with E-state index in [1.54, 1.807) is 18.5 Å². The molecule has 0 unspecified atom stereocenters. The molecule has 3 heterocycles. The van der Waals surface area contributed by atoms with E-state index >= 15 is 0 Å². The fraction of sp³-hybridized carbons (Fsp3) is 0.273. The Balaban J connectivity index is 1.58. The van der Waals surface area contributed by atoms with Crippen LogP contribution < -0.4 is 0 Å². The van der Waals surface area contributed by atoms with Gasteiger partial charge in [0.15, 0.2) is 0 Å². The Morgan fingerprint density at radius 3 is 2.79 bits per heavy atom. The third-order valence-corrected chi connectivity index (χ3v) is 5.04. The number of hydrogen-bond acceptors (Lipinski definition) is 5. The van der Waals surface area contributed by atoms with Crippen LogP contribution in [-0.4, -0.2) is 32.5 Å². The molecule has 6 heteroatoms. The Bertz CT molecular complexity index is 991. The lowest BCUT2D eigenvalue weighted by Crippen LogP contribution is -2.29. The molecule has 1 aliphatic rings. The van der Waals surface area contributed by atoms with Crippen LogP contribution in [-0.2, 0) is 4.79 Å². The lowest BCUT2D eigenvalue weighted by atomic mass is 10.1. The monoisotopic (exact) mass is 374 g/mol. The van der Waals surface area contributed by atoms with Gasteiger partial charge in [-0.2, -0.15) is 0 Å². The van der Waals surface area contributed by atoms with Crippen molar-refractivity contribution >= 4 is 12.0 Å². The number of carbonyl (C=O) groups excluding carboxylic acids is 1. The molecular weight excluding hydrogens is 352 g/mol. The molecule has 0 saturated carbocycles. The van der Waals surface area contributed by atoms with E-state index in [4.69, 9.17) is 9.51 Å². The van der Waals surface area contributed by atoms with Gasteiger partial charge < -0.3 is 9.42 Å². The van der Waals surface area contributed by atoms with Crippen molar-refractivity contribution in [3.05, 3.63) is 71.5 Å². The molecule has 28 heavy (non-hydrogen) atoms. The van der Waals surface area contributed by atoms with Gasteiger partial charge >= 0.3 is 0 Å². The summed E-state index contributed by atoms with van der Waals surface area (Å²) in [5, 5.41) is 4.00. The van der Waals surface area contributed by atoms with Crippen LogP contribution in [0.2, 0.25) is 0 Å². The van der Waals surface area contributed by atoms with Crippen LogP contribution in [0, 0.1) is 13.8 Å². The number of benzene rings is 1. The van der Waals surface area contributed by atoms with Crippen LogP contribution in [0.5, 0.6) is 0 Å². The average molecular weight is 374 g/mol. The maximum absolute atomic E-state index is 12.8. The maximum Gasteiger partial charge on any atom is 0.247 e. The fourth-order valence-corrected chi connectivity index (χ4v) is 3.68. The van der Waals surface area contributed by atoms with Gasteiger partial charge in [0.25, 0.3) is 0 Å². The van der Waals surface area contributed by atoms with Crippen molar-refractivity contribution in [2.45, 2.75) is 32.7 Å². The van der Waals surface area contributed by atoms with Gasteiger partial charge in [-0.05, 0) is 38.3 Å². The molecule has 2 aromatic heterocycles. The zero-order valence-corrected chi connectivity index (χ0v) is 16.0. The summed E-state index contributed by atoms with van der Waals surface area (Å²) in [4.78, 5) is 23.8. The molecule has 1 fully saturated rings. The highest BCUT2D eigenvalue weighted by Crippen LogP contribution is 2.32. The lowest BCUT2D eigenvalue weighted by molar-refractivity contribution is -0.126. The summed E-state index contributed by atoms with van der Waals surface area (Å²) in [6.45, 7) is 4.48. The first kappa shape index (κ1) is 18.1. The molecule has 1 atom stereocenters. The summed E-state index contributed by atoms with van der Waals surface area (Å²) >= 11 is 0. The van der Waals surface area contributed by atoms with Gasteiger partial charge in [0.1, 0.15) is 5.76 Å². The Hall–Kier alpha value is -3.28. The quantitative estimate of drug-likeness (QED) is 0.642. The van der Waals surface area contributed by atoms with Crippen LogP contribution in [0.25, 0.3) is 17.3 Å². The van der Waals surface area contributed by atoms with Gasteiger partial charge in [0.05, 0.1) is 41.1 Å². The second-order valence-corrected chi connectivity index (χ2v) is 6.96. The summed E-state index contributed by atoms with van der Waals surface area (Å²) in [5.74, 6) is 0.713. The van der Waals surface area contributed by atoms with Gasteiger partial charge in [-0.3, -0.25) is 9.78 Å². The third-order valence-electron chi connectivity index (χ3n) is 5.04. The fourth-order valence-electron chi connectivity index (χ4n) is 3.68. The van der Waals surface area contributed by atoms with E-state index < -0.39 is 0 Å². The summed E-state index contributed by atoms with van der Waals surface area (Å²) < 4.78 is 5.26. The van der Waals surface area contributed by atoms with Crippen LogP contribution >= 0.6 is 0 Å². The van der Waals surface area contributed by atoms with Crippen LogP contribution in [0.4, 0.5) is 0 Å². The Labute approximate surface area is 163 Å². The van der Waals surface area contributed by atoms with Gasteiger partial charge in [0, 0.05) is 12.6 Å². The van der Waals surface area contributed by atoms with E-state index in [2.05, 4.69) is 10.1 Å². The molecule has 0 bridgehead atoms. The van der Waals surface area contributed by atoms with E-state index in [0.29, 0.717) is 5.76 Å². The van der Waals surface area contributed by atoms with E-state index in [1.165, 1.54) is 0 Å². The smallest absolute Gasteiger partial charge is 0.247 e. The van der Waals surface area contributed by atoms with Crippen molar-refractivity contribution in [3.63, 3.8) is 0 Å². The Morgan fingerprint density at radius 1 is 1.21 bits per heavy atom. The first-order valence-electron chi connectivity index (χ1n) is 9.42. The molecule has 0 N–H and O–H groups in total. The topological polar surface area (TPSA) is 72.1 Å². The Morgan fingerprint density at radius 2 is 2.04 bits per heavy atom. The van der Waals surface area contributed by atoms with Crippen molar-refractivity contribution in [2.75, 3.05) is 6.54 Å². The highest BCUT2D eigenvalue weighted by Gasteiger charge is 2.30. The predicted octanol–water partition coefficient (Wildman–Crippen LogP) is 4.13. The minimum Gasteiger partial charge on any atom is -0.361 e. The van der Waals surface area contributed by atoms with E-state index in [0.717, 1.165) is 47.6 Å². The largest absolute Gasteiger partial charge is 0.361 e. The number of hydrogen-bond donors (Lipinski definition) is 0. The lowest BCUT2D eigenvalue weighted by Gasteiger charge is -2.23. The predicted molar refractivity (Wildman–Crippen MR) is 106 cm³/mol. The van der Waals surface area contributed by atoms with E-state index in [9.17, 15) is 4.79 Å². The molecule has 1 aliphatic heterocycles. The number of aromatic nitrogens is 3. The van der Waals surface area contributed by atoms with Crippen LogP contribution in [0.15, 0.2) is 53.3 Å². The Kier molecular flexibility index (Phi) is 5.02. The first-order chi connectivity index (χ1) is 13.6.